The molecule has 2 N–H and O–H groups in total. The monoisotopic (exact) mass is 360 g/mol. The summed E-state index contributed by atoms with van der Waals surface area (Å²) >= 11 is 0. The van der Waals surface area contributed by atoms with E-state index in [1.54, 1.807) is 6.20 Å². The van der Waals surface area contributed by atoms with Crippen molar-refractivity contribution in [2.24, 2.45) is 0 Å². The highest BCUT2D eigenvalue weighted by Gasteiger charge is 2.11. The zero-order chi connectivity index (χ0) is 18.3. The molecule has 4 rings (SSSR count). The predicted octanol–water partition coefficient (Wildman–Crippen LogP) is 3.87. The molecule has 0 unspecified atom stereocenters. The Hall–Kier alpha value is -3.15. The highest BCUT2D eigenvalue weighted by molar-refractivity contribution is 5.61. The van der Waals surface area contributed by atoms with E-state index in [-0.39, 0.29) is 0 Å². The molecule has 0 spiro atoms. The van der Waals surface area contributed by atoms with Crippen LogP contribution in [0.15, 0.2) is 60.8 Å². The molecule has 27 heavy (non-hydrogen) atoms. The van der Waals surface area contributed by atoms with Crippen LogP contribution in [0, 0.1) is 0 Å². The van der Waals surface area contributed by atoms with Crippen LogP contribution in [-0.4, -0.2) is 34.8 Å². The lowest BCUT2D eigenvalue weighted by atomic mass is 10.1. The Morgan fingerprint density at radius 1 is 0.926 bits per heavy atom. The first-order valence-electron chi connectivity index (χ1n) is 9.46. The zero-order valence-electron chi connectivity index (χ0n) is 15.3. The lowest BCUT2D eigenvalue weighted by molar-refractivity contribution is 0.929. The number of aromatic nitrogens is 3. The number of benzene rings is 2. The van der Waals surface area contributed by atoms with Gasteiger partial charge in [0.1, 0.15) is 0 Å². The van der Waals surface area contributed by atoms with Crippen molar-refractivity contribution in [3.8, 4) is 0 Å². The Bertz CT molecular complexity index is 844. The second kappa shape index (κ2) is 8.49. The van der Waals surface area contributed by atoms with Gasteiger partial charge >= 0.3 is 0 Å². The number of rotatable bonds is 7. The molecule has 1 saturated heterocycles. The minimum absolute atomic E-state index is 0.532. The summed E-state index contributed by atoms with van der Waals surface area (Å²) in [5, 5.41) is 14.6. The van der Waals surface area contributed by atoms with Gasteiger partial charge in [0.2, 0.25) is 5.95 Å². The second-order valence-corrected chi connectivity index (χ2v) is 6.69. The van der Waals surface area contributed by atoms with Crippen molar-refractivity contribution in [3.05, 3.63) is 66.4 Å². The van der Waals surface area contributed by atoms with Gasteiger partial charge in [0, 0.05) is 31.0 Å². The van der Waals surface area contributed by atoms with Crippen LogP contribution in [0.25, 0.3) is 0 Å². The highest BCUT2D eigenvalue weighted by Crippen LogP contribution is 2.23. The molecule has 0 atom stereocenters. The molecule has 6 heteroatoms. The molecular formula is C21H24N6. The number of hydrogen-bond acceptors (Lipinski definition) is 6. The second-order valence-electron chi connectivity index (χ2n) is 6.69. The number of anilines is 4. The molecule has 6 nitrogen and oxygen atoms in total. The molecule has 0 aliphatic carbocycles. The SMILES string of the molecule is c1ccc(CCNc2nncc(Nc3ccc(N4CCCC4)cc3)n2)cc1. The smallest absolute Gasteiger partial charge is 0.244 e. The number of hydrogen-bond donors (Lipinski definition) is 2. The Balaban J connectivity index is 1.33. The van der Waals surface area contributed by atoms with Gasteiger partial charge in [-0.05, 0) is 49.1 Å². The minimum Gasteiger partial charge on any atom is -0.372 e. The molecule has 3 aromatic rings. The first kappa shape index (κ1) is 17.3. The minimum atomic E-state index is 0.532. The predicted molar refractivity (Wildman–Crippen MR) is 110 cm³/mol. The lowest BCUT2D eigenvalue weighted by Gasteiger charge is -2.17. The van der Waals surface area contributed by atoms with E-state index >= 15 is 0 Å². The zero-order valence-corrected chi connectivity index (χ0v) is 15.3. The van der Waals surface area contributed by atoms with Crippen molar-refractivity contribution >= 4 is 23.1 Å². The molecule has 1 aliphatic rings. The third kappa shape index (κ3) is 4.73. The van der Waals surface area contributed by atoms with Crippen molar-refractivity contribution in [2.75, 3.05) is 35.2 Å². The van der Waals surface area contributed by atoms with E-state index in [0.29, 0.717) is 11.8 Å². The maximum Gasteiger partial charge on any atom is 0.244 e. The Morgan fingerprint density at radius 3 is 2.48 bits per heavy atom. The summed E-state index contributed by atoms with van der Waals surface area (Å²) in [5.74, 6) is 1.21. The van der Waals surface area contributed by atoms with E-state index in [9.17, 15) is 0 Å². The van der Waals surface area contributed by atoms with Gasteiger partial charge in [0.05, 0.1) is 6.20 Å². The third-order valence-electron chi connectivity index (χ3n) is 4.71. The summed E-state index contributed by atoms with van der Waals surface area (Å²) in [5.41, 5.74) is 3.56. The van der Waals surface area contributed by atoms with E-state index in [1.807, 2.05) is 18.2 Å². The van der Waals surface area contributed by atoms with Gasteiger partial charge in [-0.15, -0.1) is 5.10 Å². The molecule has 2 aromatic carbocycles. The quantitative estimate of drug-likeness (QED) is 0.667. The average Bonchev–Trinajstić information content (AvgIpc) is 3.25. The lowest BCUT2D eigenvalue weighted by Crippen LogP contribution is -2.17. The van der Waals surface area contributed by atoms with E-state index in [2.05, 4.69) is 67.1 Å². The summed E-state index contributed by atoms with van der Waals surface area (Å²) in [7, 11) is 0. The molecule has 2 heterocycles. The Kier molecular flexibility index (Phi) is 5.43. The molecule has 0 radical (unpaired) electrons. The van der Waals surface area contributed by atoms with Crippen molar-refractivity contribution in [1.29, 1.82) is 0 Å². The molecule has 0 bridgehead atoms. The van der Waals surface area contributed by atoms with Gasteiger partial charge in [0.15, 0.2) is 5.82 Å². The van der Waals surface area contributed by atoms with Gasteiger partial charge in [-0.3, -0.25) is 0 Å². The molecule has 1 aliphatic heterocycles. The van der Waals surface area contributed by atoms with Crippen LogP contribution in [0.3, 0.4) is 0 Å². The summed E-state index contributed by atoms with van der Waals surface area (Å²) < 4.78 is 0. The highest BCUT2D eigenvalue weighted by atomic mass is 15.3. The van der Waals surface area contributed by atoms with Crippen molar-refractivity contribution in [1.82, 2.24) is 15.2 Å². The summed E-state index contributed by atoms with van der Waals surface area (Å²) in [4.78, 5) is 6.91. The van der Waals surface area contributed by atoms with Crippen molar-refractivity contribution in [3.63, 3.8) is 0 Å². The largest absolute Gasteiger partial charge is 0.372 e. The van der Waals surface area contributed by atoms with Crippen LogP contribution in [-0.2, 0) is 6.42 Å². The standard InChI is InChI=1S/C21H24N6/c1-2-6-17(7-3-1)12-13-22-21-25-20(16-23-26-21)24-18-8-10-19(11-9-18)27-14-4-5-15-27/h1-3,6-11,16H,4-5,12-15H2,(H2,22,24,25,26). The van der Waals surface area contributed by atoms with Gasteiger partial charge in [-0.25, -0.2) is 0 Å². The first-order valence-corrected chi connectivity index (χ1v) is 9.46. The normalized spacial score (nSPS) is 13.6. The fraction of sp³-hybridized carbons (Fsp3) is 0.286. The third-order valence-corrected chi connectivity index (χ3v) is 4.71. The molecule has 1 aromatic heterocycles. The fourth-order valence-electron chi connectivity index (χ4n) is 3.28. The maximum absolute atomic E-state index is 4.49. The average molecular weight is 360 g/mol. The molecule has 0 saturated carbocycles. The molecule has 0 amide bonds. The summed E-state index contributed by atoms with van der Waals surface area (Å²) in [6.45, 7) is 3.07. The van der Waals surface area contributed by atoms with Gasteiger partial charge in [-0.1, -0.05) is 30.3 Å². The topological polar surface area (TPSA) is 66.0 Å². The first-order chi connectivity index (χ1) is 13.4. The van der Waals surface area contributed by atoms with E-state index < -0.39 is 0 Å². The Morgan fingerprint density at radius 2 is 1.70 bits per heavy atom. The molecular weight excluding hydrogens is 336 g/mol. The number of nitrogens with zero attached hydrogens (tertiary/aromatic N) is 4. The van der Waals surface area contributed by atoms with Crippen LogP contribution in [0.4, 0.5) is 23.1 Å². The van der Waals surface area contributed by atoms with Crippen LogP contribution < -0.4 is 15.5 Å². The molecule has 138 valence electrons. The number of nitrogens with one attached hydrogen (secondary N) is 2. The maximum atomic E-state index is 4.49. The van der Waals surface area contributed by atoms with Crippen LogP contribution >= 0.6 is 0 Å². The molecule has 1 fully saturated rings. The van der Waals surface area contributed by atoms with Crippen molar-refractivity contribution < 1.29 is 0 Å². The van der Waals surface area contributed by atoms with Gasteiger partial charge < -0.3 is 15.5 Å². The van der Waals surface area contributed by atoms with Crippen LogP contribution in [0.1, 0.15) is 18.4 Å². The van der Waals surface area contributed by atoms with Crippen molar-refractivity contribution in [2.45, 2.75) is 19.3 Å². The van der Waals surface area contributed by atoms with Gasteiger partial charge in [-0.2, -0.15) is 10.1 Å². The van der Waals surface area contributed by atoms with Crippen LogP contribution in [0.5, 0.6) is 0 Å². The summed E-state index contributed by atoms with van der Waals surface area (Å²) in [6.07, 6.45) is 5.12. The van der Waals surface area contributed by atoms with Crippen LogP contribution in [0.2, 0.25) is 0 Å². The summed E-state index contributed by atoms with van der Waals surface area (Å²) in [6, 6.07) is 18.8. The Labute approximate surface area is 159 Å². The van der Waals surface area contributed by atoms with E-state index in [1.165, 1.54) is 24.1 Å². The van der Waals surface area contributed by atoms with Gasteiger partial charge in [0.25, 0.3) is 0 Å². The van der Waals surface area contributed by atoms with E-state index in [0.717, 1.165) is 31.7 Å². The fourth-order valence-corrected chi connectivity index (χ4v) is 3.28. The van der Waals surface area contributed by atoms with E-state index in [4.69, 9.17) is 0 Å².